The van der Waals surface area contributed by atoms with Gasteiger partial charge in [-0.2, -0.15) is 0 Å². The van der Waals surface area contributed by atoms with Crippen molar-refractivity contribution in [2.24, 2.45) is 5.92 Å². The minimum absolute atomic E-state index is 0.0909. The number of hydrogen-bond acceptors (Lipinski definition) is 6. The Morgan fingerprint density at radius 2 is 2.00 bits per heavy atom. The lowest BCUT2D eigenvalue weighted by atomic mass is 9.88. The first kappa shape index (κ1) is 16.6. The van der Waals surface area contributed by atoms with E-state index in [2.05, 4.69) is 39.3 Å². The first-order valence-electron chi connectivity index (χ1n) is 9.65. The van der Waals surface area contributed by atoms with Gasteiger partial charge in [0.1, 0.15) is 6.04 Å². The fraction of sp³-hybridized carbons (Fsp3) is 0.579. The summed E-state index contributed by atoms with van der Waals surface area (Å²) in [6, 6.07) is 8.67. The van der Waals surface area contributed by atoms with Gasteiger partial charge in [0.15, 0.2) is 0 Å². The Morgan fingerprint density at radius 1 is 1.15 bits per heavy atom. The zero-order chi connectivity index (χ0) is 17.5. The van der Waals surface area contributed by atoms with E-state index in [4.69, 9.17) is 4.98 Å². The number of nitrogens with zero attached hydrogens (tertiary/aromatic N) is 2. The number of amides is 1. The van der Waals surface area contributed by atoms with E-state index in [1.165, 1.54) is 9.71 Å². The number of para-hydroxylation sites is 1. The molecule has 0 spiro atoms. The van der Waals surface area contributed by atoms with Crippen molar-refractivity contribution in [3.8, 4) is 0 Å². The van der Waals surface area contributed by atoms with Crippen LogP contribution in [0.25, 0.3) is 10.2 Å². The normalized spacial score (nSPS) is 29.8. The van der Waals surface area contributed by atoms with Crippen molar-refractivity contribution in [2.75, 3.05) is 26.2 Å². The number of likely N-dealkylation sites (tertiary alicyclic amines) is 1. The molecule has 3 saturated heterocycles. The predicted octanol–water partition coefficient (Wildman–Crippen LogP) is 1.46. The van der Waals surface area contributed by atoms with E-state index in [1.807, 2.05) is 17.4 Å². The number of benzene rings is 1. The summed E-state index contributed by atoms with van der Waals surface area (Å²) in [6.07, 6.45) is 3.11. The summed E-state index contributed by atoms with van der Waals surface area (Å²) in [7, 11) is 0. The summed E-state index contributed by atoms with van der Waals surface area (Å²) in [5, 5.41) is 4.66. The SMILES string of the molecule is O=C(C1NNC2CCNCC21)N1CCC(c2nc3ccccc3s2)CC1. The molecule has 1 aromatic heterocycles. The topological polar surface area (TPSA) is 69.3 Å². The van der Waals surface area contributed by atoms with Crippen molar-refractivity contribution in [1.82, 2.24) is 26.1 Å². The van der Waals surface area contributed by atoms with Gasteiger partial charge < -0.3 is 10.2 Å². The van der Waals surface area contributed by atoms with Crippen LogP contribution in [0.15, 0.2) is 24.3 Å². The van der Waals surface area contributed by atoms with Crippen LogP contribution in [0.2, 0.25) is 0 Å². The molecule has 3 N–H and O–H groups in total. The van der Waals surface area contributed by atoms with Crippen LogP contribution in [0.3, 0.4) is 0 Å². The van der Waals surface area contributed by atoms with E-state index in [1.54, 1.807) is 0 Å². The first-order valence-corrected chi connectivity index (χ1v) is 10.5. The Labute approximate surface area is 157 Å². The molecule has 7 heteroatoms. The summed E-state index contributed by atoms with van der Waals surface area (Å²) in [5.41, 5.74) is 7.70. The van der Waals surface area contributed by atoms with Crippen LogP contribution < -0.4 is 16.2 Å². The average Bonchev–Trinajstić information content (AvgIpc) is 3.32. The molecule has 0 radical (unpaired) electrons. The number of fused-ring (bicyclic) bond motifs is 2. The zero-order valence-electron chi connectivity index (χ0n) is 14.8. The van der Waals surface area contributed by atoms with Gasteiger partial charge in [0.2, 0.25) is 5.91 Å². The molecular formula is C19H25N5OS. The van der Waals surface area contributed by atoms with Gasteiger partial charge in [0.25, 0.3) is 0 Å². The van der Waals surface area contributed by atoms with Gasteiger partial charge in [-0.05, 0) is 37.9 Å². The van der Waals surface area contributed by atoms with E-state index in [-0.39, 0.29) is 11.9 Å². The highest BCUT2D eigenvalue weighted by atomic mass is 32.1. The molecule has 3 aliphatic heterocycles. The molecule has 0 bridgehead atoms. The summed E-state index contributed by atoms with van der Waals surface area (Å²) in [5.74, 6) is 1.10. The minimum atomic E-state index is -0.0909. The maximum absolute atomic E-state index is 13.0. The van der Waals surface area contributed by atoms with Crippen molar-refractivity contribution in [3.63, 3.8) is 0 Å². The van der Waals surface area contributed by atoms with E-state index in [9.17, 15) is 4.79 Å². The molecule has 5 rings (SSSR count). The summed E-state index contributed by atoms with van der Waals surface area (Å²) >= 11 is 1.81. The first-order chi connectivity index (χ1) is 12.8. The summed E-state index contributed by atoms with van der Waals surface area (Å²) < 4.78 is 1.26. The molecule has 3 aliphatic rings. The van der Waals surface area contributed by atoms with Crippen LogP contribution in [0, 0.1) is 5.92 Å². The fourth-order valence-electron chi connectivity index (χ4n) is 4.57. The lowest BCUT2D eigenvalue weighted by Crippen LogP contribution is -2.52. The molecule has 3 fully saturated rings. The molecule has 3 atom stereocenters. The van der Waals surface area contributed by atoms with Crippen LogP contribution >= 0.6 is 11.3 Å². The zero-order valence-corrected chi connectivity index (χ0v) is 15.6. The second-order valence-electron chi connectivity index (χ2n) is 7.65. The number of hydrazine groups is 1. The van der Waals surface area contributed by atoms with Gasteiger partial charge in [0.05, 0.1) is 15.2 Å². The predicted molar refractivity (Wildman–Crippen MR) is 103 cm³/mol. The minimum Gasteiger partial charge on any atom is -0.341 e. The molecule has 1 aromatic carbocycles. The number of aromatic nitrogens is 1. The van der Waals surface area contributed by atoms with Crippen molar-refractivity contribution >= 4 is 27.5 Å². The molecule has 26 heavy (non-hydrogen) atoms. The van der Waals surface area contributed by atoms with Crippen LogP contribution in [0.1, 0.15) is 30.2 Å². The monoisotopic (exact) mass is 371 g/mol. The molecule has 0 saturated carbocycles. The third kappa shape index (κ3) is 2.93. The van der Waals surface area contributed by atoms with Crippen LogP contribution in [0.4, 0.5) is 0 Å². The summed E-state index contributed by atoms with van der Waals surface area (Å²) in [6.45, 7) is 3.62. The lowest BCUT2D eigenvalue weighted by Gasteiger charge is -2.35. The second kappa shape index (κ2) is 6.88. The third-order valence-corrected chi connectivity index (χ3v) is 7.31. The van der Waals surface area contributed by atoms with Crippen molar-refractivity contribution in [3.05, 3.63) is 29.3 Å². The number of carbonyl (C=O) groups excluding carboxylic acids is 1. The maximum Gasteiger partial charge on any atom is 0.241 e. The van der Waals surface area contributed by atoms with Crippen molar-refractivity contribution in [2.45, 2.75) is 37.3 Å². The van der Waals surface area contributed by atoms with Gasteiger partial charge >= 0.3 is 0 Å². The number of hydrogen-bond donors (Lipinski definition) is 3. The molecule has 3 unspecified atom stereocenters. The van der Waals surface area contributed by atoms with Crippen LogP contribution in [-0.2, 0) is 4.79 Å². The number of nitrogens with one attached hydrogen (secondary N) is 3. The van der Waals surface area contributed by atoms with Crippen LogP contribution in [0.5, 0.6) is 0 Å². The number of rotatable bonds is 2. The van der Waals surface area contributed by atoms with Gasteiger partial charge in [-0.3, -0.25) is 10.2 Å². The average molecular weight is 372 g/mol. The van der Waals surface area contributed by atoms with E-state index in [0.717, 1.165) is 51.0 Å². The van der Waals surface area contributed by atoms with Crippen LogP contribution in [-0.4, -0.2) is 54.1 Å². The van der Waals surface area contributed by atoms with Gasteiger partial charge in [-0.15, -0.1) is 11.3 Å². The highest BCUT2D eigenvalue weighted by Gasteiger charge is 2.43. The standard InChI is InChI=1S/C19H25N5OS/c25-19(17-13-11-20-8-5-14(13)22-23-17)24-9-6-12(7-10-24)18-21-15-3-1-2-4-16(15)26-18/h1-4,12-14,17,20,22-23H,5-11H2. The Bertz CT molecular complexity index is 767. The molecule has 6 nitrogen and oxygen atoms in total. The molecule has 1 amide bonds. The number of carbonyl (C=O) groups is 1. The van der Waals surface area contributed by atoms with Gasteiger partial charge in [-0.25, -0.2) is 10.4 Å². The Hall–Kier alpha value is -1.54. The smallest absolute Gasteiger partial charge is 0.241 e. The Kier molecular flexibility index (Phi) is 4.40. The Balaban J connectivity index is 1.23. The van der Waals surface area contributed by atoms with Gasteiger partial charge in [0, 0.05) is 37.5 Å². The van der Waals surface area contributed by atoms with Gasteiger partial charge in [-0.1, -0.05) is 12.1 Å². The maximum atomic E-state index is 13.0. The van der Waals surface area contributed by atoms with E-state index < -0.39 is 0 Å². The highest BCUT2D eigenvalue weighted by molar-refractivity contribution is 7.18. The fourth-order valence-corrected chi connectivity index (χ4v) is 5.71. The second-order valence-corrected chi connectivity index (χ2v) is 8.71. The Morgan fingerprint density at radius 3 is 2.85 bits per heavy atom. The largest absolute Gasteiger partial charge is 0.341 e. The molecule has 2 aromatic rings. The number of thiazole rings is 1. The quantitative estimate of drug-likeness (QED) is 0.746. The van der Waals surface area contributed by atoms with Crippen molar-refractivity contribution < 1.29 is 4.79 Å². The van der Waals surface area contributed by atoms with Crippen molar-refractivity contribution in [1.29, 1.82) is 0 Å². The highest BCUT2D eigenvalue weighted by Crippen LogP contribution is 2.34. The molecule has 4 heterocycles. The van der Waals surface area contributed by atoms with E-state index >= 15 is 0 Å². The number of piperidine rings is 2. The lowest BCUT2D eigenvalue weighted by molar-refractivity contribution is -0.135. The molecular weight excluding hydrogens is 346 g/mol. The van der Waals surface area contributed by atoms with E-state index in [0.29, 0.717) is 17.9 Å². The summed E-state index contributed by atoms with van der Waals surface area (Å²) in [4.78, 5) is 19.9. The molecule has 138 valence electrons. The third-order valence-electron chi connectivity index (χ3n) is 6.11. The molecule has 0 aliphatic carbocycles.